The lowest BCUT2D eigenvalue weighted by atomic mass is 10.0. The maximum Gasteiger partial charge on any atom is 0.251 e. The van der Waals surface area contributed by atoms with Crippen molar-refractivity contribution in [1.82, 2.24) is 5.32 Å². The molecule has 0 atom stereocenters. The molecule has 28 heavy (non-hydrogen) atoms. The van der Waals surface area contributed by atoms with Crippen LogP contribution in [0.15, 0.2) is 81.5 Å². The summed E-state index contributed by atoms with van der Waals surface area (Å²) in [6.45, 7) is 2.66. The monoisotopic (exact) mass is 388 g/mol. The highest BCUT2D eigenvalue weighted by Gasteiger charge is 2.21. The summed E-state index contributed by atoms with van der Waals surface area (Å²) in [6.07, 6.45) is 0.886. The van der Waals surface area contributed by atoms with Gasteiger partial charge >= 0.3 is 0 Å². The van der Waals surface area contributed by atoms with Gasteiger partial charge in [0.15, 0.2) is 0 Å². The van der Waals surface area contributed by atoms with Gasteiger partial charge in [-0.15, -0.1) is 0 Å². The van der Waals surface area contributed by atoms with Crippen molar-refractivity contribution < 1.29 is 9.90 Å². The van der Waals surface area contributed by atoms with E-state index in [9.17, 15) is 9.90 Å². The number of aliphatic imine (C=N–C) groups is 1. The molecule has 0 spiro atoms. The Kier molecular flexibility index (Phi) is 5.17. The fourth-order valence-corrected chi connectivity index (χ4v) is 4.11. The summed E-state index contributed by atoms with van der Waals surface area (Å²) in [5.74, 6) is 0.0806. The number of rotatable bonds is 4. The summed E-state index contributed by atoms with van der Waals surface area (Å²) in [7, 11) is 0. The maximum atomic E-state index is 12.4. The second-order valence-electron chi connectivity index (χ2n) is 6.51. The number of nitrogens with one attached hydrogen (secondary N) is 1. The number of para-hydroxylation sites is 1. The molecule has 4 nitrogen and oxygen atoms in total. The number of amides is 1. The Morgan fingerprint density at radius 3 is 2.54 bits per heavy atom. The second kappa shape index (κ2) is 7.90. The summed E-state index contributed by atoms with van der Waals surface area (Å²) >= 11 is 1.62. The van der Waals surface area contributed by atoms with E-state index in [1.807, 2.05) is 61.5 Å². The van der Waals surface area contributed by atoms with Crippen LogP contribution in [0.2, 0.25) is 0 Å². The van der Waals surface area contributed by atoms with Crippen molar-refractivity contribution in [3.63, 3.8) is 0 Å². The predicted molar refractivity (Wildman–Crippen MR) is 113 cm³/mol. The Labute approximate surface area is 168 Å². The molecule has 3 aromatic carbocycles. The van der Waals surface area contributed by atoms with Crippen molar-refractivity contribution in [2.75, 3.05) is 6.54 Å². The quantitative estimate of drug-likeness (QED) is 0.507. The molecule has 0 saturated carbocycles. The standard InChI is InChI=1S/C23H20N2O2S/c1-2-13-24-23(27)15-11-12-21-18(14-15)25-22(16-7-3-5-9-19(16)26)17-8-4-6-10-20(17)28-21/h3-12,14,26H,2,13H2,1H3,(H,24,27). The summed E-state index contributed by atoms with van der Waals surface area (Å²) in [4.78, 5) is 19.3. The van der Waals surface area contributed by atoms with Gasteiger partial charge in [0.2, 0.25) is 0 Å². The van der Waals surface area contributed by atoms with Crippen molar-refractivity contribution in [1.29, 1.82) is 0 Å². The molecule has 1 aliphatic heterocycles. The number of benzene rings is 3. The van der Waals surface area contributed by atoms with Crippen LogP contribution in [0.4, 0.5) is 5.69 Å². The van der Waals surface area contributed by atoms with E-state index in [0.717, 1.165) is 27.5 Å². The van der Waals surface area contributed by atoms with Crippen molar-refractivity contribution in [3.05, 3.63) is 83.4 Å². The van der Waals surface area contributed by atoms with Crippen LogP contribution in [-0.2, 0) is 0 Å². The molecule has 0 fully saturated rings. The fraction of sp³-hybridized carbons (Fsp3) is 0.130. The Balaban J connectivity index is 1.87. The highest BCUT2D eigenvalue weighted by atomic mass is 32.2. The molecule has 5 heteroatoms. The van der Waals surface area contributed by atoms with E-state index >= 15 is 0 Å². The minimum Gasteiger partial charge on any atom is -0.507 e. The minimum atomic E-state index is -0.101. The molecule has 0 saturated heterocycles. The summed E-state index contributed by atoms with van der Waals surface area (Å²) < 4.78 is 0. The van der Waals surface area contributed by atoms with E-state index in [0.29, 0.717) is 23.4 Å². The van der Waals surface area contributed by atoms with Crippen molar-refractivity contribution in [2.24, 2.45) is 4.99 Å². The molecule has 3 aromatic rings. The van der Waals surface area contributed by atoms with Gasteiger partial charge in [-0.05, 0) is 42.8 Å². The Hall–Kier alpha value is -3.05. The Morgan fingerprint density at radius 1 is 1.00 bits per heavy atom. The number of aromatic hydroxyl groups is 1. The molecule has 0 aromatic heterocycles. The van der Waals surface area contributed by atoms with Crippen LogP contribution in [0, 0.1) is 0 Å². The zero-order valence-corrected chi connectivity index (χ0v) is 16.3. The smallest absolute Gasteiger partial charge is 0.251 e. The van der Waals surface area contributed by atoms with Crippen LogP contribution in [0.3, 0.4) is 0 Å². The zero-order valence-electron chi connectivity index (χ0n) is 15.5. The first-order valence-corrected chi connectivity index (χ1v) is 10.1. The average Bonchev–Trinajstić information content (AvgIpc) is 2.88. The number of hydrogen-bond donors (Lipinski definition) is 2. The molecule has 0 aliphatic carbocycles. The molecule has 2 N–H and O–H groups in total. The third-order valence-corrected chi connectivity index (χ3v) is 5.65. The summed E-state index contributed by atoms with van der Waals surface area (Å²) in [6, 6.07) is 20.8. The van der Waals surface area contributed by atoms with Gasteiger partial charge in [-0.1, -0.05) is 49.0 Å². The first-order chi connectivity index (χ1) is 13.7. The number of carbonyl (C=O) groups is 1. The maximum absolute atomic E-state index is 12.4. The number of fused-ring (bicyclic) bond motifs is 2. The fourth-order valence-electron chi connectivity index (χ4n) is 3.10. The van der Waals surface area contributed by atoms with Gasteiger partial charge in [0.05, 0.1) is 11.4 Å². The summed E-state index contributed by atoms with van der Waals surface area (Å²) in [5, 5.41) is 13.3. The molecule has 1 amide bonds. The largest absolute Gasteiger partial charge is 0.507 e. The lowest BCUT2D eigenvalue weighted by Crippen LogP contribution is -2.23. The first kappa shape index (κ1) is 18.3. The molecule has 4 rings (SSSR count). The van der Waals surface area contributed by atoms with Crippen LogP contribution in [0.5, 0.6) is 5.75 Å². The lowest BCUT2D eigenvalue weighted by molar-refractivity contribution is 0.0953. The lowest BCUT2D eigenvalue weighted by Gasteiger charge is -2.10. The highest BCUT2D eigenvalue weighted by Crippen LogP contribution is 2.42. The van der Waals surface area contributed by atoms with Gasteiger partial charge in [-0.2, -0.15) is 0 Å². The van der Waals surface area contributed by atoms with Gasteiger partial charge in [0, 0.05) is 33.0 Å². The van der Waals surface area contributed by atoms with Crippen LogP contribution < -0.4 is 5.32 Å². The van der Waals surface area contributed by atoms with E-state index < -0.39 is 0 Å². The van der Waals surface area contributed by atoms with E-state index in [4.69, 9.17) is 4.99 Å². The predicted octanol–water partition coefficient (Wildman–Crippen LogP) is 5.17. The Bertz CT molecular complexity index is 1080. The van der Waals surface area contributed by atoms with Gasteiger partial charge in [-0.3, -0.25) is 4.79 Å². The van der Waals surface area contributed by atoms with Crippen molar-refractivity contribution in [2.45, 2.75) is 23.1 Å². The first-order valence-electron chi connectivity index (χ1n) is 9.24. The second-order valence-corrected chi connectivity index (χ2v) is 7.60. The van der Waals surface area contributed by atoms with Crippen molar-refractivity contribution in [3.8, 4) is 5.75 Å². The molecule has 140 valence electrons. The number of phenols is 1. The molecular formula is C23H20N2O2S. The molecular weight excluding hydrogens is 368 g/mol. The van der Waals surface area contributed by atoms with E-state index in [-0.39, 0.29) is 11.7 Å². The third-order valence-electron chi connectivity index (χ3n) is 4.51. The van der Waals surface area contributed by atoms with Crippen LogP contribution in [-0.4, -0.2) is 23.3 Å². The minimum absolute atomic E-state index is 0.101. The molecule has 0 bridgehead atoms. The molecule has 1 heterocycles. The topological polar surface area (TPSA) is 61.7 Å². The average molecular weight is 388 g/mol. The number of carbonyl (C=O) groups excluding carboxylic acids is 1. The molecule has 0 unspecified atom stereocenters. The van der Waals surface area contributed by atoms with E-state index in [2.05, 4.69) is 5.32 Å². The van der Waals surface area contributed by atoms with Gasteiger partial charge < -0.3 is 10.4 Å². The van der Waals surface area contributed by atoms with Crippen LogP contribution in [0.1, 0.15) is 34.8 Å². The number of hydrogen-bond acceptors (Lipinski definition) is 4. The van der Waals surface area contributed by atoms with Gasteiger partial charge in [-0.25, -0.2) is 4.99 Å². The normalized spacial score (nSPS) is 12.4. The van der Waals surface area contributed by atoms with Crippen molar-refractivity contribution >= 4 is 29.1 Å². The zero-order chi connectivity index (χ0) is 19.5. The van der Waals surface area contributed by atoms with Gasteiger partial charge in [0.1, 0.15) is 5.75 Å². The Morgan fingerprint density at radius 2 is 1.75 bits per heavy atom. The van der Waals surface area contributed by atoms with Crippen LogP contribution in [0.25, 0.3) is 0 Å². The van der Waals surface area contributed by atoms with E-state index in [1.54, 1.807) is 23.9 Å². The number of nitrogens with zero attached hydrogens (tertiary/aromatic N) is 1. The van der Waals surface area contributed by atoms with Gasteiger partial charge in [0.25, 0.3) is 5.91 Å². The van der Waals surface area contributed by atoms with Crippen LogP contribution >= 0.6 is 11.8 Å². The summed E-state index contributed by atoms with van der Waals surface area (Å²) in [5.41, 5.74) is 3.64. The van der Waals surface area contributed by atoms with E-state index in [1.165, 1.54) is 0 Å². The highest BCUT2D eigenvalue weighted by molar-refractivity contribution is 7.99. The molecule has 0 radical (unpaired) electrons. The molecule has 1 aliphatic rings. The number of phenolic OH excluding ortho intramolecular Hbond substituents is 1. The SMILES string of the molecule is CCCNC(=O)c1ccc2c(c1)N=C(c1ccccc1O)c1ccccc1S2. The third kappa shape index (κ3) is 3.53.